The molecule has 0 bridgehead atoms. The lowest BCUT2D eigenvalue weighted by Crippen LogP contribution is -2.55. The molecule has 0 amide bonds. The SMILES string of the molecule is Cl.N#Cc1c(C(F)(F)F)cc(Oc2cccc(F)c2)nc1N1CCC2(CC1)CNCCO2. The van der Waals surface area contributed by atoms with Gasteiger partial charge in [-0.05, 0) is 25.0 Å². The molecule has 1 N–H and O–H groups in total. The Labute approximate surface area is 188 Å². The molecule has 0 unspecified atom stereocenters. The molecule has 11 heteroatoms. The summed E-state index contributed by atoms with van der Waals surface area (Å²) in [7, 11) is 0. The number of ether oxygens (including phenoxy) is 2. The molecule has 4 rings (SSSR count). The summed E-state index contributed by atoms with van der Waals surface area (Å²) in [5.41, 5.74) is -2.05. The maximum atomic E-state index is 13.7. The van der Waals surface area contributed by atoms with Crippen molar-refractivity contribution in [2.24, 2.45) is 0 Å². The fourth-order valence-electron chi connectivity index (χ4n) is 3.93. The number of piperidine rings is 1. The second-order valence-corrected chi connectivity index (χ2v) is 7.57. The molecule has 0 radical (unpaired) electrons. The lowest BCUT2D eigenvalue weighted by Gasteiger charge is -2.44. The van der Waals surface area contributed by atoms with Crippen LogP contribution < -0.4 is 15.0 Å². The Morgan fingerprint density at radius 3 is 2.56 bits per heavy atom. The minimum atomic E-state index is -4.78. The van der Waals surface area contributed by atoms with E-state index in [1.807, 2.05) is 0 Å². The number of pyridine rings is 1. The molecule has 2 fully saturated rings. The molecule has 1 aromatic carbocycles. The third-order valence-corrected chi connectivity index (χ3v) is 5.52. The normalized spacial score (nSPS) is 18.0. The van der Waals surface area contributed by atoms with Crippen LogP contribution in [0.5, 0.6) is 11.6 Å². The number of aromatic nitrogens is 1. The van der Waals surface area contributed by atoms with Crippen molar-refractivity contribution in [3.05, 3.63) is 47.3 Å². The molecule has 32 heavy (non-hydrogen) atoms. The summed E-state index contributed by atoms with van der Waals surface area (Å²) < 4.78 is 65.9. The quantitative estimate of drug-likeness (QED) is 0.672. The van der Waals surface area contributed by atoms with Gasteiger partial charge in [-0.1, -0.05) is 6.07 Å². The molecule has 6 nitrogen and oxygen atoms in total. The van der Waals surface area contributed by atoms with Crippen molar-refractivity contribution in [2.45, 2.75) is 24.6 Å². The first-order chi connectivity index (χ1) is 14.8. The van der Waals surface area contributed by atoms with Crippen LogP contribution in [-0.2, 0) is 10.9 Å². The molecule has 0 aliphatic carbocycles. The molecule has 0 atom stereocenters. The minimum Gasteiger partial charge on any atom is -0.439 e. The Balaban J connectivity index is 0.00000289. The van der Waals surface area contributed by atoms with Crippen LogP contribution in [0.4, 0.5) is 23.4 Å². The number of benzene rings is 1. The monoisotopic (exact) mass is 472 g/mol. The van der Waals surface area contributed by atoms with Crippen molar-refractivity contribution in [2.75, 3.05) is 37.7 Å². The molecule has 172 valence electrons. The van der Waals surface area contributed by atoms with E-state index < -0.39 is 23.1 Å². The fraction of sp³-hybridized carbons (Fsp3) is 0.429. The van der Waals surface area contributed by atoms with Crippen LogP contribution in [0.3, 0.4) is 0 Å². The van der Waals surface area contributed by atoms with Gasteiger partial charge in [0.25, 0.3) is 0 Å². The zero-order valence-corrected chi connectivity index (χ0v) is 17.7. The van der Waals surface area contributed by atoms with Gasteiger partial charge in [-0.15, -0.1) is 12.4 Å². The van der Waals surface area contributed by atoms with E-state index in [2.05, 4.69) is 10.3 Å². The van der Waals surface area contributed by atoms with Gasteiger partial charge in [-0.25, -0.2) is 4.39 Å². The highest BCUT2D eigenvalue weighted by molar-refractivity contribution is 5.85. The summed E-state index contributed by atoms with van der Waals surface area (Å²) in [5, 5.41) is 12.8. The summed E-state index contributed by atoms with van der Waals surface area (Å²) >= 11 is 0. The van der Waals surface area contributed by atoms with Gasteiger partial charge in [0.1, 0.15) is 23.2 Å². The maximum absolute atomic E-state index is 13.7. The largest absolute Gasteiger partial charge is 0.439 e. The average Bonchev–Trinajstić information content (AvgIpc) is 2.74. The predicted molar refractivity (Wildman–Crippen MR) is 111 cm³/mol. The number of nitrogens with one attached hydrogen (secondary N) is 1. The van der Waals surface area contributed by atoms with E-state index in [0.29, 0.717) is 45.1 Å². The third kappa shape index (κ3) is 5.06. The van der Waals surface area contributed by atoms with Gasteiger partial charge in [0.05, 0.1) is 17.8 Å². The first-order valence-corrected chi connectivity index (χ1v) is 9.85. The molecular formula is C21H21ClF4N4O2. The van der Waals surface area contributed by atoms with E-state index >= 15 is 0 Å². The van der Waals surface area contributed by atoms with E-state index in [0.717, 1.165) is 12.6 Å². The number of morpholine rings is 1. The molecular weight excluding hydrogens is 452 g/mol. The Kier molecular flexibility index (Phi) is 7.12. The highest BCUT2D eigenvalue weighted by Crippen LogP contribution is 2.40. The summed E-state index contributed by atoms with van der Waals surface area (Å²) in [5.74, 6) is -1.04. The number of halogens is 5. The third-order valence-electron chi connectivity index (χ3n) is 5.52. The number of hydrogen-bond acceptors (Lipinski definition) is 6. The second kappa shape index (κ2) is 9.48. The van der Waals surface area contributed by atoms with Crippen molar-refractivity contribution in [3.63, 3.8) is 0 Å². The summed E-state index contributed by atoms with van der Waals surface area (Å²) in [6, 6.07) is 7.36. The number of alkyl halides is 3. The zero-order chi connectivity index (χ0) is 22.1. The molecule has 2 aliphatic rings. The van der Waals surface area contributed by atoms with Crippen LogP contribution in [0.15, 0.2) is 30.3 Å². The lowest BCUT2D eigenvalue weighted by molar-refractivity contribution is -0.137. The number of anilines is 1. The molecule has 1 aromatic heterocycles. The van der Waals surface area contributed by atoms with E-state index in [1.165, 1.54) is 18.2 Å². The fourth-order valence-corrected chi connectivity index (χ4v) is 3.93. The highest BCUT2D eigenvalue weighted by Gasteiger charge is 2.40. The van der Waals surface area contributed by atoms with Gasteiger partial charge in [0.2, 0.25) is 5.88 Å². The summed E-state index contributed by atoms with van der Waals surface area (Å²) in [6.45, 7) is 2.78. The topological polar surface area (TPSA) is 70.4 Å². The summed E-state index contributed by atoms with van der Waals surface area (Å²) in [4.78, 5) is 5.85. The van der Waals surface area contributed by atoms with Gasteiger partial charge in [0.15, 0.2) is 5.82 Å². The van der Waals surface area contributed by atoms with Gasteiger partial charge in [0, 0.05) is 38.3 Å². The van der Waals surface area contributed by atoms with Crippen molar-refractivity contribution in [3.8, 4) is 17.7 Å². The highest BCUT2D eigenvalue weighted by atomic mass is 35.5. The van der Waals surface area contributed by atoms with Gasteiger partial charge >= 0.3 is 6.18 Å². The van der Waals surface area contributed by atoms with Gasteiger partial charge in [-0.3, -0.25) is 0 Å². The maximum Gasteiger partial charge on any atom is 0.418 e. The predicted octanol–water partition coefficient (Wildman–Crippen LogP) is 4.28. The van der Waals surface area contributed by atoms with Crippen LogP contribution >= 0.6 is 12.4 Å². The van der Waals surface area contributed by atoms with E-state index in [1.54, 1.807) is 11.0 Å². The van der Waals surface area contributed by atoms with Crippen LogP contribution in [-0.4, -0.2) is 43.4 Å². The van der Waals surface area contributed by atoms with Gasteiger partial charge < -0.3 is 19.7 Å². The number of rotatable bonds is 3. The van der Waals surface area contributed by atoms with Crippen molar-refractivity contribution < 1.29 is 27.0 Å². The number of nitrogens with zero attached hydrogens (tertiary/aromatic N) is 3. The molecule has 2 aliphatic heterocycles. The standard InChI is InChI=1S/C21H20F4N4O2.ClH/c22-14-2-1-3-15(10-14)31-18-11-17(21(23,24)25)16(12-26)19(28-18)29-7-4-20(5-8-29)13-27-6-9-30-20;/h1-3,10-11,27H,4-9,13H2;1H. The average molecular weight is 473 g/mol. The van der Waals surface area contributed by atoms with Crippen LogP contribution in [0.25, 0.3) is 0 Å². The molecule has 3 heterocycles. The number of nitriles is 1. The van der Waals surface area contributed by atoms with Crippen LogP contribution in [0.1, 0.15) is 24.0 Å². The Bertz CT molecular complexity index is 996. The van der Waals surface area contributed by atoms with Gasteiger partial charge in [-0.2, -0.15) is 23.4 Å². The molecule has 0 saturated carbocycles. The van der Waals surface area contributed by atoms with Crippen molar-refractivity contribution in [1.29, 1.82) is 5.26 Å². The minimum absolute atomic E-state index is 0. The Hall–Kier alpha value is -2.61. The van der Waals surface area contributed by atoms with Crippen molar-refractivity contribution >= 4 is 18.2 Å². The molecule has 2 aromatic rings. The van der Waals surface area contributed by atoms with E-state index in [9.17, 15) is 22.8 Å². The Morgan fingerprint density at radius 1 is 1.22 bits per heavy atom. The Morgan fingerprint density at radius 2 is 1.97 bits per heavy atom. The van der Waals surface area contributed by atoms with E-state index in [-0.39, 0.29) is 35.5 Å². The lowest BCUT2D eigenvalue weighted by atomic mass is 9.89. The summed E-state index contributed by atoms with van der Waals surface area (Å²) in [6.07, 6.45) is -3.61. The second-order valence-electron chi connectivity index (χ2n) is 7.57. The molecule has 1 spiro atoms. The zero-order valence-electron chi connectivity index (χ0n) is 16.9. The first-order valence-electron chi connectivity index (χ1n) is 9.85. The van der Waals surface area contributed by atoms with Crippen LogP contribution in [0.2, 0.25) is 0 Å². The van der Waals surface area contributed by atoms with Crippen LogP contribution in [0, 0.1) is 17.1 Å². The first kappa shape index (κ1) is 24.0. The number of hydrogen-bond donors (Lipinski definition) is 1. The van der Waals surface area contributed by atoms with E-state index in [4.69, 9.17) is 9.47 Å². The molecule has 2 saturated heterocycles. The smallest absolute Gasteiger partial charge is 0.418 e. The van der Waals surface area contributed by atoms with Crippen molar-refractivity contribution in [1.82, 2.24) is 10.3 Å².